The van der Waals surface area contributed by atoms with Crippen molar-refractivity contribution < 1.29 is 9.13 Å². The maximum absolute atomic E-state index is 14.4. The monoisotopic (exact) mass is 435 g/mol. The molecular weight excluding hydrogens is 421 g/mol. The average Bonchev–Trinajstić information content (AvgIpc) is 2.79. The molecule has 0 aliphatic heterocycles. The molecule has 1 heterocycles. The predicted molar refractivity (Wildman–Crippen MR) is 92.8 cm³/mol. The van der Waals surface area contributed by atoms with Gasteiger partial charge >= 0.3 is 0 Å². The molecule has 0 saturated carbocycles. The van der Waals surface area contributed by atoms with Crippen LogP contribution in [0.15, 0.2) is 31.8 Å². The van der Waals surface area contributed by atoms with Gasteiger partial charge in [0.05, 0.1) is 26.3 Å². The van der Waals surface area contributed by atoms with E-state index in [1.54, 1.807) is 30.6 Å². The van der Waals surface area contributed by atoms with E-state index in [-0.39, 0.29) is 11.9 Å². The highest BCUT2D eigenvalue weighted by atomic mass is 79.9. The Morgan fingerprint density at radius 1 is 1.38 bits per heavy atom. The molecule has 114 valence electrons. The van der Waals surface area contributed by atoms with Crippen molar-refractivity contribution in [2.45, 2.75) is 19.4 Å². The first kappa shape index (κ1) is 16.9. The molecule has 0 radical (unpaired) electrons. The van der Waals surface area contributed by atoms with E-state index in [0.717, 1.165) is 26.1 Å². The van der Waals surface area contributed by atoms with Gasteiger partial charge in [0.25, 0.3) is 0 Å². The SMILES string of the molecule is CCCNC(c1cc(Br)sc1Br)c1c(F)cccc1OC. The number of methoxy groups -OCH3 is 1. The van der Waals surface area contributed by atoms with E-state index in [1.807, 2.05) is 6.07 Å². The normalized spacial score (nSPS) is 12.4. The van der Waals surface area contributed by atoms with Crippen LogP contribution < -0.4 is 10.1 Å². The molecule has 2 nitrogen and oxygen atoms in total. The van der Waals surface area contributed by atoms with Gasteiger partial charge in [-0.25, -0.2) is 4.39 Å². The molecule has 1 aromatic heterocycles. The first-order valence-electron chi connectivity index (χ1n) is 6.59. The second kappa shape index (κ2) is 7.72. The smallest absolute Gasteiger partial charge is 0.132 e. The Balaban J connectivity index is 2.53. The Morgan fingerprint density at radius 2 is 2.14 bits per heavy atom. The Labute approximate surface area is 145 Å². The standard InChI is InChI=1S/C15H16Br2FNOS/c1-3-7-19-14(9-8-12(16)21-15(9)17)13-10(18)5-4-6-11(13)20-2/h4-6,8,14,19H,3,7H2,1-2H3. The zero-order valence-electron chi connectivity index (χ0n) is 11.8. The minimum absolute atomic E-state index is 0.252. The summed E-state index contributed by atoms with van der Waals surface area (Å²) in [4.78, 5) is 0. The highest BCUT2D eigenvalue weighted by molar-refractivity contribution is 9.12. The average molecular weight is 437 g/mol. The molecule has 1 atom stereocenters. The van der Waals surface area contributed by atoms with Crippen molar-refractivity contribution in [1.29, 1.82) is 0 Å². The molecule has 0 bridgehead atoms. The number of hydrogen-bond acceptors (Lipinski definition) is 3. The number of nitrogens with one attached hydrogen (secondary N) is 1. The van der Waals surface area contributed by atoms with E-state index in [0.29, 0.717) is 11.3 Å². The molecule has 21 heavy (non-hydrogen) atoms. The fraction of sp³-hybridized carbons (Fsp3) is 0.333. The summed E-state index contributed by atoms with van der Waals surface area (Å²) in [6, 6.07) is 6.67. The second-order valence-electron chi connectivity index (χ2n) is 4.52. The lowest BCUT2D eigenvalue weighted by Gasteiger charge is -2.21. The summed E-state index contributed by atoms with van der Waals surface area (Å²) in [6.07, 6.45) is 0.968. The molecule has 6 heteroatoms. The summed E-state index contributed by atoms with van der Waals surface area (Å²) in [5.41, 5.74) is 1.54. The van der Waals surface area contributed by atoms with Crippen molar-refractivity contribution >= 4 is 43.2 Å². The van der Waals surface area contributed by atoms with Crippen molar-refractivity contribution in [3.63, 3.8) is 0 Å². The zero-order chi connectivity index (χ0) is 15.4. The van der Waals surface area contributed by atoms with Crippen molar-refractivity contribution in [2.75, 3.05) is 13.7 Å². The summed E-state index contributed by atoms with van der Waals surface area (Å²) >= 11 is 8.62. The lowest BCUT2D eigenvalue weighted by molar-refractivity contribution is 0.396. The molecule has 1 aromatic carbocycles. The third kappa shape index (κ3) is 3.86. The van der Waals surface area contributed by atoms with E-state index in [2.05, 4.69) is 44.1 Å². The summed E-state index contributed by atoms with van der Waals surface area (Å²) < 4.78 is 21.7. The van der Waals surface area contributed by atoms with Crippen LogP contribution in [0, 0.1) is 5.82 Å². The first-order valence-corrected chi connectivity index (χ1v) is 8.99. The van der Waals surface area contributed by atoms with Gasteiger partial charge < -0.3 is 10.1 Å². The van der Waals surface area contributed by atoms with Gasteiger partial charge in [-0.3, -0.25) is 0 Å². The maximum atomic E-state index is 14.4. The van der Waals surface area contributed by atoms with Gasteiger partial charge in [0, 0.05) is 0 Å². The van der Waals surface area contributed by atoms with Gasteiger partial charge in [-0.1, -0.05) is 13.0 Å². The molecule has 0 aliphatic carbocycles. The van der Waals surface area contributed by atoms with Gasteiger partial charge in [0.15, 0.2) is 0 Å². The molecule has 0 saturated heterocycles. The van der Waals surface area contributed by atoms with Gasteiger partial charge in [0.1, 0.15) is 11.6 Å². The number of ether oxygens (including phenoxy) is 1. The van der Waals surface area contributed by atoms with Gasteiger partial charge in [-0.2, -0.15) is 0 Å². The maximum Gasteiger partial charge on any atom is 0.132 e. The molecule has 1 N–H and O–H groups in total. The number of rotatable bonds is 6. The molecule has 1 unspecified atom stereocenters. The number of hydrogen-bond donors (Lipinski definition) is 1. The van der Waals surface area contributed by atoms with Crippen LogP contribution in [0.4, 0.5) is 4.39 Å². The molecule has 0 fully saturated rings. The van der Waals surface area contributed by atoms with Crippen LogP contribution in [0.2, 0.25) is 0 Å². The predicted octanol–water partition coefficient (Wildman–Crippen LogP) is 5.51. The van der Waals surface area contributed by atoms with Crippen molar-refractivity contribution in [3.8, 4) is 5.75 Å². The molecule has 0 spiro atoms. The lowest BCUT2D eigenvalue weighted by Crippen LogP contribution is -2.24. The Hall–Kier alpha value is -0.430. The minimum atomic E-state index is -0.267. The Kier molecular flexibility index (Phi) is 6.22. The van der Waals surface area contributed by atoms with E-state index < -0.39 is 0 Å². The molecule has 0 amide bonds. The molecule has 2 aromatic rings. The van der Waals surface area contributed by atoms with Crippen LogP contribution in [-0.2, 0) is 0 Å². The minimum Gasteiger partial charge on any atom is -0.496 e. The number of benzene rings is 1. The second-order valence-corrected chi connectivity index (χ2v) is 8.27. The Morgan fingerprint density at radius 3 is 2.71 bits per heavy atom. The number of halogens is 3. The summed E-state index contributed by atoms with van der Waals surface area (Å²) in [7, 11) is 1.56. The summed E-state index contributed by atoms with van der Waals surface area (Å²) in [5, 5.41) is 3.41. The molecule has 0 aliphatic rings. The highest BCUT2D eigenvalue weighted by Crippen LogP contribution is 2.40. The van der Waals surface area contributed by atoms with Crippen molar-refractivity contribution in [3.05, 3.63) is 48.8 Å². The van der Waals surface area contributed by atoms with Crippen molar-refractivity contribution in [2.24, 2.45) is 0 Å². The summed E-state index contributed by atoms with van der Waals surface area (Å²) in [6.45, 7) is 2.88. The quantitative estimate of drug-likeness (QED) is 0.644. The van der Waals surface area contributed by atoms with E-state index in [1.165, 1.54) is 6.07 Å². The van der Waals surface area contributed by atoms with E-state index in [4.69, 9.17) is 4.74 Å². The lowest BCUT2D eigenvalue weighted by atomic mass is 9.99. The van der Waals surface area contributed by atoms with Crippen LogP contribution in [0.25, 0.3) is 0 Å². The third-order valence-corrected chi connectivity index (χ3v) is 5.50. The van der Waals surface area contributed by atoms with Gasteiger partial charge in [-0.05, 0) is 68.6 Å². The topological polar surface area (TPSA) is 21.3 Å². The van der Waals surface area contributed by atoms with E-state index >= 15 is 0 Å². The summed E-state index contributed by atoms with van der Waals surface area (Å²) in [5.74, 6) is 0.287. The third-order valence-electron chi connectivity index (χ3n) is 3.11. The first-order chi connectivity index (χ1) is 10.1. The van der Waals surface area contributed by atoms with Crippen LogP contribution in [0.3, 0.4) is 0 Å². The number of thiophene rings is 1. The highest BCUT2D eigenvalue weighted by Gasteiger charge is 2.25. The van der Waals surface area contributed by atoms with Gasteiger partial charge in [0.2, 0.25) is 0 Å². The molecular formula is C15H16Br2FNOS. The van der Waals surface area contributed by atoms with Crippen LogP contribution in [0.1, 0.15) is 30.5 Å². The fourth-order valence-corrected chi connectivity index (χ4v) is 5.08. The van der Waals surface area contributed by atoms with Gasteiger partial charge in [-0.15, -0.1) is 11.3 Å². The fourth-order valence-electron chi connectivity index (χ4n) is 2.18. The van der Waals surface area contributed by atoms with Crippen molar-refractivity contribution in [1.82, 2.24) is 5.32 Å². The van der Waals surface area contributed by atoms with Crippen LogP contribution in [-0.4, -0.2) is 13.7 Å². The zero-order valence-corrected chi connectivity index (χ0v) is 15.7. The molecule has 2 rings (SSSR count). The Bertz CT molecular complexity index is 618. The van der Waals surface area contributed by atoms with Crippen LogP contribution in [0.5, 0.6) is 5.75 Å². The van der Waals surface area contributed by atoms with Crippen LogP contribution >= 0.6 is 43.2 Å². The largest absolute Gasteiger partial charge is 0.496 e. The van der Waals surface area contributed by atoms with E-state index in [9.17, 15) is 4.39 Å².